The van der Waals surface area contributed by atoms with Crippen LogP contribution < -0.4 is 0 Å². The summed E-state index contributed by atoms with van der Waals surface area (Å²) in [6, 6.07) is 14.7. The Kier molecular flexibility index (Phi) is 3.96. The van der Waals surface area contributed by atoms with Gasteiger partial charge in [-0.05, 0) is 30.7 Å². The Morgan fingerprint density at radius 3 is 2.43 bits per heavy atom. The van der Waals surface area contributed by atoms with Gasteiger partial charge in [-0.1, -0.05) is 54.1 Å². The SMILES string of the molecule is CC(C)(c1ccccc1Cl)n1nnc(-c2ccc(C=O)cc2)n1. The van der Waals surface area contributed by atoms with Crippen LogP contribution in [0.5, 0.6) is 0 Å². The van der Waals surface area contributed by atoms with Crippen molar-refractivity contribution in [2.45, 2.75) is 19.4 Å². The van der Waals surface area contributed by atoms with Gasteiger partial charge in [-0.3, -0.25) is 4.79 Å². The normalized spacial score (nSPS) is 11.4. The van der Waals surface area contributed by atoms with E-state index in [1.807, 2.05) is 38.1 Å². The van der Waals surface area contributed by atoms with Crippen LogP contribution in [-0.4, -0.2) is 26.5 Å². The molecule has 0 atom stereocenters. The lowest BCUT2D eigenvalue weighted by Crippen LogP contribution is -2.30. The molecule has 6 heteroatoms. The van der Waals surface area contributed by atoms with Gasteiger partial charge in [0.1, 0.15) is 11.8 Å². The van der Waals surface area contributed by atoms with Crippen LogP contribution in [0.3, 0.4) is 0 Å². The minimum absolute atomic E-state index is 0.502. The van der Waals surface area contributed by atoms with E-state index in [9.17, 15) is 4.79 Å². The molecular weight excluding hydrogens is 312 g/mol. The van der Waals surface area contributed by atoms with Crippen molar-refractivity contribution in [1.82, 2.24) is 20.2 Å². The highest BCUT2D eigenvalue weighted by atomic mass is 35.5. The highest BCUT2D eigenvalue weighted by Crippen LogP contribution is 2.30. The monoisotopic (exact) mass is 326 g/mol. The molecule has 0 saturated carbocycles. The molecule has 0 aliphatic heterocycles. The third-order valence-electron chi connectivity index (χ3n) is 3.75. The van der Waals surface area contributed by atoms with Gasteiger partial charge >= 0.3 is 0 Å². The lowest BCUT2D eigenvalue weighted by molar-refractivity contribution is 0.112. The zero-order chi connectivity index (χ0) is 16.4. The highest BCUT2D eigenvalue weighted by molar-refractivity contribution is 6.31. The van der Waals surface area contributed by atoms with Crippen LogP contribution >= 0.6 is 11.6 Å². The number of hydrogen-bond acceptors (Lipinski definition) is 4. The molecule has 0 aliphatic rings. The van der Waals surface area contributed by atoms with Gasteiger partial charge in [-0.15, -0.1) is 10.2 Å². The van der Waals surface area contributed by atoms with Gasteiger partial charge in [0.2, 0.25) is 5.82 Å². The third-order valence-corrected chi connectivity index (χ3v) is 4.08. The van der Waals surface area contributed by atoms with Crippen LogP contribution in [0.1, 0.15) is 29.8 Å². The molecule has 0 unspecified atom stereocenters. The van der Waals surface area contributed by atoms with E-state index >= 15 is 0 Å². The van der Waals surface area contributed by atoms with Gasteiger partial charge in [0.25, 0.3) is 0 Å². The van der Waals surface area contributed by atoms with E-state index in [0.717, 1.165) is 17.4 Å². The molecule has 2 aromatic carbocycles. The first-order valence-corrected chi connectivity index (χ1v) is 7.51. The van der Waals surface area contributed by atoms with Crippen molar-refractivity contribution in [2.75, 3.05) is 0 Å². The first-order chi connectivity index (χ1) is 11.0. The Balaban J connectivity index is 1.97. The van der Waals surface area contributed by atoms with Crippen molar-refractivity contribution >= 4 is 17.9 Å². The summed E-state index contributed by atoms with van der Waals surface area (Å²) in [6.45, 7) is 3.96. The predicted molar refractivity (Wildman–Crippen MR) is 88.5 cm³/mol. The lowest BCUT2D eigenvalue weighted by Gasteiger charge is -2.24. The van der Waals surface area contributed by atoms with Gasteiger partial charge in [-0.2, -0.15) is 4.80 Å². The Bertz CT molecular complexity index is 840. The van der Waals surface area contributed by atoms with E-state index in [0.29, 0.717) is 16.4 Å². The molecule has 5 nitrogen and oxygen atoms in total. The fourth-order valence-corrected chi connectivity index (χ4v) is 2.71. The number of halogens is 1. The maximum Gasteiger partial charge on any atom is 0.204 e. The smallest absolute Gasteiger partial charge is 0.204 e. The summed E-state index contributed by atoms with van der Waals surface area (Å²) in [6.07, 6.45) is 0.800. The molecular formula is C17H15ClN4O. The fraction of sp³-hybridized carbons (Fsp3) is 0.176. The summed E-state index contributed by atoms with van der Waals surface area (Å²) in [5.41, 5.74) is 1.79. The summed E-state index contributed by atoms with van der Waals surface area (Å²) in [5.74, 6) is 0.502. The van der Waals surface area contributed by atoms with Crippen LogP contribution in [0.15, 0.2) is 48.5 Å². The number of hydrogen-bond donors (Lipinski definition) is 0. The average molecular weight is 327 g/mol. The Hall–Kier alpha value is -2.53. The molecule has 0 fully saturated rings. The number of nitrogens with zero attached hydrogens (tertiary/aromatic N) is 4. The zero-order valence-electron chi connectivity index (χ0n) is 12.8. The summed E-state index contributed by atoms with van der Waals surface area (Å²) >= 11 is 6.29. The number of rotatable bonds is 4. The number of aromatic nitrogens is 4. The molecule has 0 spiro atoms. The molecule has 0 N–H and O–H groups in total. The van der Waals surface area contributed by atoms with Gasteiger partial charge < -0.3 is 0 Å². The molecule has 3 aromatic rings. The highest BCUT2D eigenvalue weighted by Gasteiger charge is 2.28. The van der Waals surface area contributed by atoms with Gasteiger partial charge in [0.05, 0.1) is 0 Å². The first-order valence-electron chi connectivity index (χ1n) is 7.13. The Morgan fingerprint density at radius 2 is 1.78 bits per heavy atom. The third kappa shape index (κ3) is 2.87. The summed E-state index contributed by atoms with van der Waals surface area (Å²) in [5, 5.41) is 13.4. The van der Waals surface area contributed by atoms with E-state index in [1.165, 1.54) is 0 Å². The summed E-state index contributed by atoms with van der Waals surface area (Å²) < 4.78 is 0. The summed E-state index contributed by atoms with van der Waals surface area (Å²) in [7, 11) is 0. The van der Waals surface area contributed by atoms with Crippen LogP contribution in [0.2, 0.25) is 5.02 Å². The summed E-state index contributed by atoms with van der Waals surface area (Å²) in [4.78, 5) is 12.3. The van der Waals surface area contributed by atoms with Gasteiger partial charge in [0.15, 0.2) is 0 Å². The van der Waals surface area contributed by atoms with Crippen molar-refractivity contribution < 1.29 is 4.79 Å². The standard InChI is InChI=1S/C17H15ClN4O/c1-17(2,14-5-3-4-6-15(14)18)22-20-16(19-21-22)13-9-7-12(11-23)8-10-13/h3-11H,1-2H3. The van der Waals surface area contributed by atoms with Crippen molar-refractivity contribution in [2.24, 2.45) is 0 Å². The van der Waals surface area contributed by atoms with E-state index in [4.69, 9.17) is 11.6 Å². The topological polar surface area (TPSA) is 60.7 Å². The number of benzene rings is 2. The molecule has 0 radical (unpaired) electrons. The molecule has 1 heterocycles. The Morgan fingerprint density at radius 1 is 1.09 bits per heavy atom. The quantitative estimate of drug-likeness (QED) is 0.687. The van der Waals surface area contributed by atoms with E-state index in [2.05, 4.69) is 15.4 Å². The second-order valence-corrected chi connectivity index (χ2v) is 6.09. The molecule has 0 amide bonds. The number of carbonyl (C=O) groups excluding carboxylic acids is 1. The number of tetrazole rings is 1. The van der Waals surface area contributed by atoms with Crippen molar-refractivity contribution in [3.63, 3.8) is 0 Å². The second-order valence-electron chi connectivity index (χ2n) is 5.68. The second kappa shape index (κ2) is 5.93. The van der Waals surface area contributed by atoms with Gasteiger partial charge in [0, 0.05) is 16.1 Å². The van der Waals surface area contributed by atoms with E-state index in [1.54, 1.807) is 29.1 Å². The molecule has 1 aromatic heterocycles. The van der Waals surface area contributed by atoms with E-state index < -0.39 is 5.54 Å². The van der Waals surface area contributed by atoms with Crippen molar-refractivity contribution in [3.05, 3.63) is 64.7 Å². The van der Waals surface area contributed by atoms with Crippen LogP contribution in [0.4, 0.5) is 0 Å². The zero-order valence-corrected chi connectivity index (χ0v) is 13.5. The van der Waals surface area contributed by atoms with E-state index in [-0.39, 0.29) is 0 Å². The maximum absolute atomic E-state index is 10.7. The molecule has 0 saturated heterocycles. The van der Waals surface area contributed by atoms with Gasteiger partial charge in [-0.25, -0.2) is 0 Å². The van der Waals surface area contributed by atoms with Crippen molar-refractivity contribution in [3.8, 4) is 11.4 Å². The predicted octanol–water partition coefficient (Wildman–Crippen LogP) is 3.59. The molecule has 3 rings (SSSR count). The first kappa shape index (κ1) is 15.4. The molecule has 116 valence electrons. The minimum atomic E-state index is -0.535. The molecule has 0 bridgehead atoms. The fourth-order valence-electron chi connectivity index (χ4n) is 2.34. The number of carbonyl (C=O) groups is 1. The van der Waals surface area contributed by atoms with Crippen molar-refractivity contribution in [1.29, 1.82) is 0 Å². The molecule has 23 heavy (non-hydrogen) atoms. The van der Waals surface area contributed by atoms with Crippen LogP contribution in [0, 0.1) is 0 Å². The largest absolute Gasteiger partial charge is 0.298 e. The number of aldehydes is 1. The minimum Gasteiger partial charge on any atom is -0.298 e. The van der Waals surface area contributed by atoms with Crippen LogP contribution in [0.25, 0.3) is 11.4 Å². The Labute approximate surface area is 138 Å². The molecule has 0 aliphatic carbocycles. The average Bonchev–Trinajstić information content (AvgIpc) is 3.06. The van der Waals surface area contributed by atoms with Crippen LogP contribution in [-0.2, 0) is 5.54 Å². The lowest BCUT2D eigenvalue weighted by atomic mass is 9.95. The maximum atomic E-state index is 10.7.